The highest BCUT2D eigenvalue weighted by Gasteiger charge is 2.43. The molecule has 26 heavy (non-hydrogen) atoms. The number of sulfonamides is 1. The van der Waals surface area contributed by atoms with Crippen LogP contribution >= 0.6 is 11.6 Å². The van der Waals surface area contributed by atoms with E-state index in [-0.39, 0.29) is 16.9 Å². The van der Waals surface area contributed by atoms with Crippen LogP contribution in [0.4, 0.5) is 0 Å². The molecule has 0 radical (unpaired) electrons. The van der Waals surface area contributed by atoms with Gasteiger partial charge in [0, 0.05) is 37.3 Å². The Balaban J connectivity index is 1.33. The molecule has 7 heteroatoms. The maximum atomic E-state index is 12.2. The van der Waals surface area contributed by atoms with Crippen LogP contribution in [0.5, 0.6) is 0 Å². The summed E-state index contributed by atoms with van der Waals surface area (Å²) in [5.41, 5.74) is 0.983. The second kappa shape index (κ2) is 7.40. The molecule has 1 N–H and O–H groups in total. The van der Waals surface area contributed by atoms with Crippen molar-refractivity contribution in [2.75, 3.05) is 19.7 Å². The van der Waals surface area contributed by atoms with Gasteiger partial charge in [0.05, 0.1) is 10.9 Å². The van der Waals surface area contributed by atoms with Crippen molar-refractivity contribution in [3.05, 3.63) is 34.9 Å². The van der Waals surface area contributed by atoms with Gasteiger partial charge in [0.25, 0.3) is 0 Å². The van der Waals surface area contributed by atoms with Gasteiger partial charge in [0.15, 0.2) is 0 Å². The van der Waals surface area contributed by atoms with Gasteiger partial charge in [-0.2, -0.15) is 0 Å². The Kier molecular flexibility index (Phi) is 5.32. The van der Waals surface area contributed by atoms with Gasteiger partial charge in [-0.15, -0.1) is 0 Å². The van der Waals surface area contributed by atoms with Crippen molar-refractivity contribution in [2.24, 2.45) is 0 Å². The van der Waals surface area contributed by atoms with Gasteiger partial charge in [-0.05, 0) is 50.2 Å². The molecular weight excluding hydrogens is 372 g/mol. The van der Waals surface area contributed by atoms with E-state index >= 15 is 0 Å². The molecule has 2 heterocycles. The molecule has 0 amide bonds. The molecule has 3 aliphatic rings. The fourth-order valence-electron chi connectivity index (χ4n) is 4.17. The lowest BCUT2D eigenvalue weighted by Crippen LogP contribution is -2.53. The molecule has 1 atom stereocenters. The maximum absolute atomic E-state index is 12.2. The molecular formula is C19H27ClN2O3S. The Morgan fingerprint density at radius 1 is 1.19 bits per heavy atom. The average molecular weight is 399 g/mol. The van der Waals surface area contributed by atoms with Crippen LogP contribution in [0, 0.1) is 0 Å². The number of likely N-dealkylation sites (tertiary alicyclic amines) is 1. The molecule has 1 saturated carbocycles. The number of piperidine rings is 1. The Morgan fingerprint density at radius 2 is 1.92 bits per heavy atom. The van der Waals surface area contributed by atoms with Crippen LogP contribution < -0.4 is 4.72 Å². The fraction of sp³-hybridized carbons (Fsp3) is 0.684. The second-order valence-electron chi connectivity index (χ2n) is 7.95. The number of hydrogen-bond donors (Lipinski definition) is 1. The number of benzene rings is 1. The number of halogens is 1. The molecule has 1 aliphatic carbocycles. The Labute approximate surface area is 161 Å². The summed E-state index contributed by atoms with van der Waals surface area (Å²) in [4.78, 5) is 2.41. The van der Waals surface area contributed by atoms with E-state index < -0.39 is 10.0 Å². The first-order valence-corrected chi connectivity index (χ1v) is 11.5. The van der Waals surface area contributed by atoms with Gasteiger partial charge in [-0.3, -0.25) is 4.90 Å². The minimum absolute atomic E-state index is 0.0180. The molecule has 1 unspecified atom stereocenters. The van der Waals surface area contributed by atoms with Crippen LogP contribution in [-0.4, -0.2) is 49.9 Å². The summed E-state index contributed by atoms with van der Waals surface area (Å²) >= 11 is 6.28. The number of nitrogens with one attached hydrogen (secondary N) is 1. The predicted octanol–water partition coefficient (Wildman–Crippen LogP) is 2.94. The van der Waals surface area contributed by atoms with E-state index in [0.29, 0.717) is 6.61 Å². The predicted molar refractivity (Wildman–Crippen MR) is 103 cm³/mol. The lowest BCUT2D eigenvalue weighted by Gasteiger charge is -2.46. The molecule has 2 aliphatic heterocycles. The van der Waals surface area contributed by atoms with E-state index in [9.17, 15) is 8.42 Å². The van der Waals surface area contributed by atoms with Crippen molar-refractivity contribution in [2.45, 2.75) is 62.0 Å². The number of rotatable bonds is 5. The summed E-state index contributed by atoms with van der Waals surface area (Å²) in [5.74, 6) is 0. The highest BCUT2D eigenvalue weighted by atomic mass is 35.5. The summed E-state index contributed by atoms with van der Waals surface area (Å²) in [5, 5.41) is 0.662. The highest BCUT2D eigenvalue weighted by Crippen LogP contribution is 2.37. The van der Waals surface area contributed by atoms with Gasteiger partial charge < -0.3 is 4.74 Å². The van der Waals surface area contributed by atoms with Gasteiger partial charge in [0.2, 0.25) is 10.0 Å². The topological polar surface area (TPSA) is 58.6 Å². The monoisotopic (exact) mass is 398 g/mol. The van der Waals surface area contributed by atoms with E-state index in [4.69, 9.17) is 16.3 Å². The molecule has 5 nitrogen and oxygen atoms in total. The summed E-state index contributed by atoms with van der Waals surface area (Å²) in [6.07, 6.45) is 5.07. The van der Waals surface area contributed by atoms with E-state index in [1.54, 1.807) is 0 Å². The third-order valence-corrected chi connectivity index (χ3v) is 8.29. The highest BCUT2D eigenvalue weighted by molar-refractivity contribution is 7.90. The molecule has 1 spiro atoms. The van der Waals surface area contributed by atoms with Crippen molar-refractivity contribution in [1.82, 2.24) is 9.62 Å². The van der Waals surface area contributed by atoms with Gasteiger partial charge in [-0.1, -0.05) is 29.8 Å². The minimum Gasteiger partial charge on any atom is -0.375 e. The average Bonchev–Trinajstić information content (AvgIpc) is 3.45. The van der Waals surface area contributed by atoms with Crippen molar-refractivity contribution in [3.8, 4) is 0 Å². The van der Waals surface area contributed by atoms with Crippen molar-refractivity contribution in [1.29, 1.82) is 0 Å². The molecule has 2 saturated heterocycles. The summed E-state index contributed by atoms with van der Waals surface area (Å²) in [6, 6.07) is 8.00. The summed E-state index contributed by atoms with van der Waals surface area (Å²) in [7, 11) is -3.13. The van der Waals surface area contributed by atoms with Crippen LogP contribution in [0.25, 0.3) is 0 Å². The normalized spacial score (nSPS) is 26.9. The quantitative estimate of drug-likeness (QED) is 0.828. The van der Waals surface area contributed by atoms with Crippen molar-refractivity contribution in [3.63, 3.8) is 0 Å². The Morgan fingerprint density at radius 3 is 2.62 bits per heavy atom. The SMILES string of the molecule is O=S(=O)(NC1CCOC2(CCN(Cc3ccccc3Cl)CC2)C1)C1CC1. The lowest BCUT2D eigenvalue weighted by molar-refractivity contribution is -0.118. The third kappa shape index (κ3) is 4.25. The van der Waals surface area contributed by atoms with Crippen LogP contribution in [0.2, 0.25) is 5.02 Å². The molecule has 3 fully saturated rings. The second-order valence-corrected chi connectivity index (χ2v) is 10.4. The van der Waals surface area contributed by atoms with Gasteiger partial charge >= 0.3 is 0 Å². The largest absolute Gasteiger partial charge is 0.375 e. The first kappa shape index (κ1) is 18.7. The fourth-order valence-corrected chi connectivity index (χ4v) is 5.98. The van der Waals surface area contributed by atoms with E-state index in [1.807, 2.05) is 18.2 Å². The maximum Gasteiger partial charge on any atom is 0.214 e. The summed E-state index contributed by atoms with van der Waals surface area (Å²) < 4.78 is 33.6. The summed E-state index contributed by atoms with van der Waals surface area (Å²) in [6.45, 7) is 3.40. The smallest absolute Gasteiger partial charge is 0.214 e. The van der Waals surface area contributed by atoms with E-state index in [0.717, 1.165) is 68.7 Å². The Bertz CT molecular complexity index is 743. The molecule has 1 aromatic rings. The molecule has 4 rings (SSSR count). The van der Waals surface area contributed by atoms with Gasteiger partial charge in [-0.25, -0.2) is 13.1 Å². The zero-order valence-electron chi connectivity index (χ0n) is 15.0. The standard InChI is InChI=1S/C19H27ClN2O3S/c20-18-4-2-1-3-15(18)14-22-10-8-19(9-11-22)13-16(7-12-25-19)21-26(23,24)17-5-6-17/h1-4,16-17,21H,5-14H2. The molecule has 1 aromatic carbocycles. The van der Waals surface area contributed by atoms with Crippen molar-refractivity contribution < 1.29 is 13.2 Å². The van der Waals surface area contributed by atoms with E-state index in [1.165, 1.54) is 0 Å². The molecule has 0 aromatic heterocycles. The van der Waals surface area contributed by atoms with Crippen LogP contribution in [0.3, 0.4) is 0 Å². The zero-order chi connectivity index (χ0) is 18.2. The number of nitrogens with zero attached hydrogens (tertiary/aromatic N) is 1. The minimum atomic E-state index is -3.13. The third-order valence-electron chi connectivity index (χ3n) is 5.91. The lowest BCUT2D eigenvalue weighted by atomic mass is 9.82. The zero-order valence-corrected chi connectivity index (χ0v) is 16.6. The first-order valence-electron chi connectivity index (χ1n) is 9.57. The van der Waals surface area contributed by atoms with Crippen LogP contribution in [0.1, 0.15) is 44.1 Å². The van der Waals surface area contributed by atoms with E-state index in [2.05, 4.69) is 15.7 Å². The molecule has 0 bridgehead atoms. The van der Waals surface area contributed by atoms with Crippen molar-refractivity contribution >= 4 is 21.6 Å². The molecule has 144 valence electrons. The number of ether oxygens (including phenoxy) is 1. The number of hydrogen-bond acceptors (Lipinski definition) is 4. The van der Waals surface area contributed by atoms with Crippen LogP contribution in [-0.2, 0) is 21.3 Å². The van der Waals surface area contributed by atoms with Gasteiger partial charge in [0.1, 0.15) is 0 Å². The first-order chi connectivity index (χ1) is 12.5. The van der Waals surface area contributed by atoms with Crippen LogP contribution in [0.15, 0.2) is 24.3 Å². The Hall–Kier alpha value is -0.660.